The number of carbonyl (C=O) groups excluding carboxylic acids is 1. The van der Waals surface area contributed by atoms with E-state index in [1.807, 2.05) is 16.7 Å². The molecule has 0 amide bonds. The maximum atomic E-state index is 13.2. The fourth-order valence-corrected chi connectivity index (χ4v) is 5.73. The van der Waals surface area contributed by atoms with E-state index in [1.54, 1.807) is 7.11 Å². The van der Waals surface area contributed by atoms with E-state index in [0.717, 1.165) is 35.9 Å². The SMILES string of the molecule is CCCCCCCC/C=C\CCCCCCCC(=O)n1cc(C[C@H]2CCCN2C)c2cc(OC)ccc21. The molecule has 2 aromatic rings. The van der Waals surface area contributed by atoms with Gasteiger partial charge in [0.05, 0.1) is 12.6 Å². The molecule has 206 valence electrons. The molecule has 1 aromatic heterocycles. The Kier molecular flexibility index (Phi) is 13.3. The highest BCUT2D eigenvalue weighted by atomic mass is 16.5. The van der Waals surface area contributed by atoms with Gasteiger partial charge in [-0.05, 0) is 88.7 Å². The van der Waals surface area contributed by atoms with Crippen molar-refractivity contribution in [2.75, 3.05) is 20.7 Å². The molecular weight excluding hydrogens is 456 g/mol. The first-order chi connectivity index (χ1) is 18.1. The number of aromatic nitrogens is 1. The highest BCUT2D eigenvalue weighted by Gasteiger charge is 2.23. The van der Waals surface area contributed by atoms with Crippen molar-refractivity contribution < 1.29 is 9.53 Å². The number of hydrogen-bond donors (Lipinski definition) is 0. The normalized spacial score (nSPS) is 16.4. The van der Waals surface area contributed by atoms with Crippen LogP contribution in [0.25, 0.3) is 10.9 Å². The molecule has 0 unspecified atom stereocenters. The molecule has 1 aliphatic rings. The molecule has 2 heterocycles. The molecule has 1 fully saturated rings. The molecule has 1 saturated heterocycles. The van der Waals surface area contributed by atoms with E-state index in [0.29, 0.717) is 12.5 Å². The third-order valence-electron chi connectivity index (χ3n) is 8.14. The molecule has 1 aromatic carbocycles. The van der Waals surface area contributed by atoms with Crippen LogP contribution >= 0.6 is 0 Å². The minimum absolute atomic E-state index is 0.221. The lowest BCUT2D eigenvalue weighted by molar-refractivity contribution is 0.0904. The van der Waals surface area contributed by atoms with E-state index < -0.39 is 0 Å². The number of ether oxygens (including phenoxy) is 1. The van der Waals surface area contributed by atoms with Crippen LogP contribution in [0.4, 0.5) is 0 Å². The maximum Gasteiger partial charge on any atom is 0.231 e. The number of hydrogen-bond acceptors (Lipinski definition) is 3. The van der Waals surface area contributed by atoms with Gasteiger partial charge in [0, 0.05) is 24.0 Å². The third kappa shape index (κ3) is 9.63. The van der Waals surface area contributed by atoms with Crippen LogP contribution in [0.1, 0.15) is 120 Å². The molecule has 4 heteroatoms. The average molecular weight is 509 g/mol. The lowest BCUT2D eigenvalue weighted by Crippen LogP contribution is -2.26. The second kappa shape index (κ2) is 16.7. The maximum absolute atomic E-state index is 13.2. The van der Waals surface area contributed by atoms with Crippen molar-refractivity contribution in [2.24, 2.45) is 0 Å². The van der Waals surface area contributed by atoms with Crippen LogP contribution in [-0.4, -0.2) is 42.1 Å². The summed E-state index contributed by atoms with van der Waals surface area (Å²) in [6, 6.07) is 6.68. The van der Waals surface area contributed by atoms with Gasteiger partial charge in [-0.1, -0.05) is 70.4 Å². The van der Waals surface area contributed by atoms with Crippen LogP contribution in [-0.2, 0) is 6.42 Å². The van der Waals surface area contributed by atoms with Gasteiger partial charge in [-0.2, -0.15) is 0 Å². The van der Waals surface area contributed by atoms with Crippen molar-refractivity contribution >= 4 is 16.8 Å². The minimum atomic E-state index is 0.221. The molecule has 0 radical (unpaired) electrons. The zero-order valence-electron chi connectivity index (χ0n) is 24.0. The molecule has 0 aliphatic carbocycles. The average Bonchev–Trinajstić information content (AvgIpc) is 3.49. The van der Waals surface area contributed by atoms with Gasteiger partial charge in [-0.3, -0.25) is 9.36 Å². The summed E-state index contributed by atoms with van der Waals surface area (Å²) < 4.78 is 7.40. The van der Waals surface area contributed by atoms with E-state index in [4.69, 9.17) is 4.74 Å². The Morgan fingerprint density at radius 2 is 1.65 bits per heavy atom. The van der Waals surface area contributed by atoms with Gasteiger partial charge >= 0.3 is 0 Å². The van der Waals surface area contributed by atoms with Crippen molar-refractivity contribution in [3.63, 3.8) is 0 Å². The van der Waals surface area contributed by atoms with Crippen LogP contribution in [0.5, 0.6) is 5.75 Å². The van der Waals surface area contributed by atoms with Crippen molar-refractivity contribution in [1.82, 2.24) is 9.47 Å². The number of carbonyl (C=O) groups is 1. The first-order valence-corrected chi connectivity index (χ1v) is 15.2. The van der Waals surface area contributed by atoms with Crippen LogP contribution in [0.3, 0.4) is 0 Å². The first kappa shape index (κ1) is 29.5. The van der Waals surface area contributed by atoms with E-state index in [-0.39, 0.29) is 5.91 Å². The molecule has 3 rings (SSSR count). The Balaban J connectivity index is 1.37. The zero-order chi connectivity index (χ0) is 26.3. The van der Waals surface area contributed by atoms with Crippen molar-refractivity contribution in [1.29, 1.82) is 0 Å². The highest BCUT2D eigenvalue weighted by molar-refractivity contribution is 5.95. The number of methoxy groups -OCH3 is 1. The molecule has 1 aliphatic heterocycles. The molecule has 0 bridgehead atoms. The Hall–Kier alpha value is -2.07. The lowest BCUT2D eigenvalue weighted by atomic mass is 10.0. The van der Waals surface area contributed by atoms with E-state index in [1.165, 1.54) is 95.6 Å². The van der Waals surface area contributed by atoms with Gasteiger partial charge < -0.3 is 9.64 Å². The largest absolute Gasteiger partial charge is 0.497 e. The van der Waals surface area contributed by atoms with E-state index in [2.05, 4.69) is 43.3 Å². The fraction of sp³-hybridized carbons (Fsp3) is 0.667. The van der Waals surface area contributed by atoms with E-state index >= 15 is 0 Å². The smallest absolute Gasteiger partial charge is 0.231 e. The van der Waals surface area contributed by atoms with Gasteiger partial charge in [0.25, 0.3) is 0 Å². The van der Waals surface area contributed by atoms with Crippen molar-refractivity contribution in [3.05, 3.63) is 42.1 Å². The number of allylic oxidation sites excluding steroid dienone is 2. The predicted octanol–water partition coefficient (Wildman–Crippen LogP) is 8.96. The summed E-state index contributed by atoms with van der Waals surface area (Å²) in [5.41, 5.74) is 2.29. The molecule has 0 N–H and O–H groups in total. The highest BCUT2D eigenvalue weighted by Crippen LogP contribution is 2.30. The Morgan fingerprint density at radius 3 is 2.30 bits per heavy atom. The Labute approximate surface area is 226 Å². The summed E-state index contributed by atoms with van der Waals surface area (Å²) in [6.45, 7) is 3.44. The Morgan fingerprint density at radius 1 is 0.973 bits per heavy atom. The zero-order valence-corrected chi connectivity index (χ0v) is 24.0. The van der Waals surface area contributed by atoms with Gasteiger partial charge in [0.1, 0.15) is 5.75 Å². The second-order valence-electron chi connectivity index (χ2n) is 11.1. The third-order valence-corrected chi connectivity index (χ3v) is 8.14. The second-order valence-corrected chi connectivity index (χ2v) is 11.1. The predicted molar refractivity (Wildman–Crippen MR) is 158 cm³/mol. The van der Waals surface area contributed by atoms with Crippen LogP contribution in [0.15, 0.2) is 36.5 Å². The summed E-state index contributed by atoms with van der Waals surface area (Å²) in [7, 11) is 3.93. The number of nitrogens with zero attached hydrogens (tertiary/aromatic N) is 2. The van der Waals surface area contributed by atoms with Crippen LogP contribution in [0.2, 0.25) is 0 Å². The summed E-state index contributed by atoms with van der Waals surface area (Å²) in [4.78, 5) is 15.6. The van der Waals surface area contributed by atoms with Crippen molar-refractivity contribution in [3.8, 4) is 5.75 Å². The molecule has 0 spiro atoms. The number of unbranched alkanes of at least 4 members (excludes halogenated alkanes) is 11. The van der Waals surface area contributed by atoms with Crippen LogP contribution in [0, 0.1) is 0 Å². The van der Waals surface area contributed by atoms with Crippen molar-refractivity contribution in [2.45, 2.75) is 122 Å². The number of likely N-dealkylation sites (tertiary alicyclic amines) is 1. The monoisotopic (exact) mass is 508 g/mol. The minimum Gasteiger partial charge on any atom is -0.497 e. The number of rotatable bonds is 18. The summed E-state index contributed by atoms with van der Waals surface area (Å²) in [5.74, 6) is 1.08. The fourth-order valence-electron chi connectivity index (χ4n) is 5.73. The van der Waals surface area contributed by atoms with Gasteiger partial charge in [0.2, 0.25) is 5.91 Å². The first-order valence-electron chi connectivity index (χ1n) is 15.2. The molecule has 1 atom stereocenters. The number of fused-ring (bicyclic) bond motifs is 1. The Bertz CT molecular complexity index is 961. The topological polar surface area (TPSA) is 34.5 Å². The molecular formula is C33H52N2O2. The van der Waals surface area contributed by atoms with Gasteiger partial charge in [-0.25, -0.2) is 0 Å². The quantitative estimate of drug-likeness (QED) is 0.149. The summed E-state index contributed by atoms with van der Waals surface area (Å²) >= 11 is 0. The van der Waals surface area contributed by atoms with Crippen LogP contribution < -0.4 is 4.74 Å². The standard InChI is InChI=1S/C33H52N2O2/c1-4-5-6-7-8-9-10-11-12-13-14-15-16-17-18-21-33(36)35-27-28(25-29-20-19-24-34(29)2)31-26-30(37-3)22-23-32(31)35/h11-12,22-23,26-27,29H,4-10,13-21,24-25H2,1-3H3/b12-11-/t29-/m1/s1. The molecule has 4 nitrogen and oxygen atoms in total. The molecule has 37 heavy (non-hydrogen) atoms. The van der Waals surface area contributed by atoms with Gasteiger partial charge in [-0.15, -0.1) is 0 Å². The number of likely N-dealkylation sites (N-methyl/N-ethyl adjacent to an activating group) is 1. The van der Waals surface area contributed by atoms with Gasteiger partial charge in [0.15, 0.2) is 0 Å². The molecule has 0 saturated carbocycles. The summed E-state index contributed by atoms with van der Waals surface area (Å²) in [5, 5.41) is 1.16. The summed E-state index contributed by atoms with van der Waals surface area (Å²) in [6.07, 6.45) is 27.5. The lowest BCUT2D eigenvalue weighted by Gasteiger charge is -2.18. The van der Waals surface area contributed by atoms with E-state index in [9.17, 15) is 4.79 Å². The number of benzene rings is 1.